The molecule has 0 spiro atoms. The predicted octanol–water partition coefficient (Wildman–Crippen LogP) is 1.51. The quantitative estimate of drug-likeness (QED) is 0.731. The summed E-state index contributed by atoms with van der Waals surface area (Å²) in [6.45, 7) is 10.6. The van der Waals surface area contributed by atoms with E-state index in [0.29, 0.717) is 0 Å². The molecule has 1 fully saturated rings. The number of nitrogens with zero attached hydrogens (tertiary/aromatic N) is 1. The van der Waals surface area contributed by atoms with Crippen molar-refractivity contribution in [1.82, 2.24) is 10.2 Å². The van der Waals surface area contributed by atoms with Crippen LogP contribution in [0.2, 0.25) is 0 Å². The number of hydrogen-bond acceptors (Lipinski definition) is 4. The van der Waals surface area contributed by atoms with Crippen LogP contribution in [0.3, 0.4) is 0 Å². The Hall–Kier alpha value is -0.610. The molecule has 1 rings (SSSR count). The van der Waals surface area contributed by atoms with E-state index >= 15 is 0 Å². The van der Waals surface area contributed by atoms with Crippen LogP contribution in [0, 0.1) is 11.8 Å². The molecule has 2 unspecified atom stereocenters. The van der Waals surface area contributed by atoms with Gasteiger partial charge < -0.3 is 10.1 Å². The Morgan fingerprint density at radius 1 is 1.39 bits per heavy atom. The van der Waals surface area contributed by atoms with Gasteiger partial charge >= 0.3 is 5.97 Å². The molecular weight excluding hydrogens is 228 g/mol. The van der Waals surface area contributed by atoms with Crippen LogP contribution in [0.25, 0.3) is 0 Å². The van der Waals surface area contributed by atoms with Crippen LogP contribution in [0.5, 0.6) is 0 Å². The van der Waals surface area contributed by atoms with Crippen LogP contribution in [-0.4, -0.2) is 50.2 Å². The molecule has 1 aliphatic heterocycles. The van der Waals surface area contributed by atoms with Crippen molar-refractivity contribution in [1.29, 1.82) is 0 Å². The highest BCUT2D eigenvalue weighted by Gasteiger charge is 2.29. The van der Waals surface area contributed by atoms with Gasteiger partial charge in [-0.15, -0.1) is 0 Å². The van der Waals surface area contributed by atoms with E-state index in [1.54, 1.807) is 0 Å². The highest BCUT2D eigenvalue weighted by molar-refractivity contribution is 5.72. The van der Waals surface area contributed by atoms with Crippen LogP contribution in [0.1, 0.15) is 33.6 Å². The summed E-state index contributed by atoms with van der Waals surface area (Å²) >= 11 is 0. The van der Waals surface area contributed by atoms with E-state index in [0.717, 1.165) is 32.1 Å². The van der Waals surface area contributed by atoms with E-state index in [9.17, 15) is 4.79 Å². The first-order valence-electron chi connectivity index (χ1n) is 7.12. The van der Waals surface area contributed by atoms with Crippen LogP contribution in [-0.2, 0) is 9.53 Å². The zero-order valence-corrected chi connectivity index (χ0v) is 12.2. The van der Waals surface area contributed by atoms with E-state index in [1.165, 1.54) is 20.0 Å². The molecule has 2 atom stereocenters. The molecule has 1 N–H and O–H groups in total. The summed E-state index contributed by atoms with van der Waals surface area (Å²) in [6, 6.07) is 0.275. The number of carbonyl (C=O) groups excluding carboxylic acids is 1. The lowest BCUT2D eigenvalue weighted by molar-refractivity contribution is -0.147. The van der Waals surface area contributed by atoms with Gasteiger partial charge in [0.1, 0.15) is 0 Å². The Labute approximate surface area is 111 Å². The van der Waals surface area contributed by atoms with Crippen molar-refractivity contribution in [3.05, 3.63) is 0 Å². The van der Waals surface area contributed by atoms with Gasteiger partial charge in [-0.3, -0.25) is 9.69 Å². The topological polar surface area (TPSA) is 41.6 Å². The SMILES string of the molecule is CCNCC1CCN(C(C)C(C)C(=O)OC)CC1. The number of rotatable bonds is 6. The van der Waals surface area contributed by atoms with Crippen molar-refractivity contribution in [2.45, 2.75) is 39.7 Å². The minimum atomic E-state index is -0.0997. The van der Waals surface area contributed by atoms with Crippen molar-refractivity contribution in [3.63, 3.8) is 0 Å². The molecule has 0 aromatic carbocycles. The van der Waals surface area contributed by atoms with Crippen molar-refractivity contribution < 1.29 is 9.53 Å². The van der Waals surface area contributed by atoms with Gasteiger partial charge in [0.15, 0.2) is 0 Å². The third kappa shape index (κ3) is 4.25. The van der Waals surface area contributed by atoms with Gasteiger partial charge in [0.2, 0.25) is 0 Å². The molecule has 106 valence electrons. The number of nitrogens with one attached hydrogen (secondary N) is 1. The first kappa shape index (κ1) is 15.4. The largest absolute Gasteiger partial charge is 0.469 e. The maximum absolute atomic E-state index is 11.5. The summed E-state index contributed by atoms with van der Waals surface area (Å²) in [5, 5.41) is 3.42. The number of likely N-dealkylation sites (tertiary alicyclic amines) is 1. The van der Waals surface area contributed by atoms with Crippen LogP contribution in [0.4, 0.5) is 0 Å². The van der Waals surface area contributed by atoms with E-state index in [-0.39, 0.29) is 17.9 Å². The van der Waals surface area contributed by atoms with Gasteiger partial charge in [-0.1, -0.05) is 13.8 Å². The van der Waals surface area contributed by atoms with Gasteiger partial charge in [0, 0.05) is 6.04 Å². The minimum Gasteiger partial charge on any atom is -0.469 e. The molecule has 4 heteroatoms. The number of methoxy groups -OCH3 is 1. The van der Waals surface area contributed by atoms with E-state index in [4.69, 9.17) is 4.74 Å². The molecule has 4 nitrogen and oxygen atoms in total. The summed E-state index contributed by atoms with van der Waals surface area (Å²) in [5.41, 5.74) is 0. The highest BCUT2D eigenvalue weighted by Crippen LogP contribution is 2.21. The normalized spacial score (nSPS) is 21.6. The zero-order chi connectivity index (χ0) is 13.5. The Kier molecular flexibility index (Phi) is 6.65. The lowest BCUT2D eigenvalue weighted by Gasteiger charge is -2.37. The molecule has 0 aromatic heterocycles. The average Bonchev–Trinajstić information content (AvgIpc) is 2.43. The van der Waals surface area contributed by atoms with E-state index < -0.39 is 0 Å². The summed E-state index contributed by atoms with van der Waals surface area (Å²) in [7, 11) is 1.47. The molecule has 1 heterocycles. The Bertz CT molecular complexity index is 250. The number of carbonyl (C=O) groups is 1. The smallest absolute Gasteiger partial charge is 0.309 e. The fraction of sp³-hybridized carbons (Fsp3) is 0.929. The maximum atomic E-state index is 11.5. The molecule has 0 saturated carbocycles. The standard InChI is InChI=1S/C14H28N2O2/c1-5-15-10-13-6-8-16(9-7-13)12(3)11(2)14(17)18-4/h11-13,15H,5-10H2,1-4H3. The molecule has 0 radical (unpaired) electrons. The predicted molar refractivity (Wildman–Crippen MR) is 73.5 cm³/mol. The number of esters is 1. The monoisotopic (exact) mass is 256 g/mol. The molecule has 1 aliphatic rings. The maximum Gasteiger partial charge on any atom is 0.309 e. The molecular formula is C14H28N2O2. The Morgan fingerprint density at radius 3 is 2.50 bits per heavy atom. The third-order valence-electron chi connectivity index (χ3n) is 4.20. The van der Waals surface area contributed by atoms with Gasteiger partial charge in [-0.2, -0.15) is 0 Å². The Morgan fingerprint density at radius 2 is 2.00 bits per heavy atom. The first-order chi connectivity index (χ1) is 8.60. The highest BCUT2D eigenvalue weighted by atomic mass is 16.5. The molecule has 18 heavy (non-hydrogen) atoms. The van der Waals surface area contributed by atoms with Gasteiger partial charge in [0.05, 0.1) is 13.0 Å². The minimum absolute atomic E-state index is 0.0414. The summed E-state index contributed by atoms with van der Waals surface area (Å²) in [6.07, 6.45) is 2.45. The van der Waals surface area contributed by atoms with E-state index in [1.807, 2.05) is 6.92 Å². The van der Waals surface area contributed by atoms with Gasteiger partial charge in [0.25, 0.3) is 0 Å². The summed E-state index contributed by atoms with van der Waals surface area (Å²) < 4.78 is 4.82. The van der Waals surface area contributed by atoms with Crippen LogP contribution >= 0.6 is 0 Å². The summed E-state index contributed by atoms with van der Waals surface area (Å²) in [4.78, 5) is 14.0. The average molecular weight is 256 g/mol. The second-order valence-electron chi connectivity index (χ2n) is 5.34. The number of ether oxygens (including phenoxy) is 1. The van der Waals surface area contributed by atoms with Crippen LogP contribution < -0.4 is 5.32 Å². The van der Waals surface area contributed by atoms with Crippen LogP contribution in [0.15, 0.2) is 0 Å². The Balaban J connectivity index is 2.35. The molecule has 0 aliphatic carbocycles. The zero-order valence-electron chi connectivity index (χ0n) is 12.2. The number of hydrogen-bond donors (Lipinski definition) is 1. The molecule has 0 bridgehead atoms. The van der Waals surface area contributed by atoms with Crippen molar-refractivity contribution in [2.24, 2.45) is 11.8 Å². The van der Waals surface area contributed by atoms with E-state index in [2.05, 4.69) is 24.1 Å². The lowest BCUT2D eigenvalue weighted by Crippen LogP contribution is -2.46. The first-order valence-corrected chi connectivity index (χ1v) is 7.12. The molecule has 0 amide bonds. The second-order valence-corrected chi connectivity index (χ2v) is 5.34. The lowest BCUT2D eigenvalue weighted by atomic mass is 9.93. The van der Waals surface area contributed by atoms with Crippen molar-refractivity contribution in [2.75, 3.05) is 33.3 Å². The van der Waals surface area contributed by atoms with Gasteiger partial charge in [-0.25, -0.2) is 0 Å². The van der Waals surface area contributed by atoms with Crippen molar-refractivity contribution in [3.8, 4) is 0 Å². The fourth-order valence-corrected chi connectivity index (χ4v) is 2.61. The van der Waals surface area contributed by atoms with Gasteiger partial charge in [-0.05, 0) is 51.9 Å². The number of piperidine rings is 1. The molecule has 1 saturated heterocycles. The van der Waals surface area contributed by atoms with Crippen molar-refractivity contribution >= 4 is 5.97 Å². The third-order valence-corrected chi connectivity index (χ3v) is 4.20. The molecule has 0 aromatic rings. The summed E-state index contributed by atoms with van der Waals surface area (Å²) in [5.74, 6) is 0.652. The fourth-order valence-electron chi connectivity index (χ4n) is 2.61. The second kappa shape index (κ2) is 7.74.